The largest absolute Gasteiger partial charge is 0.325 e. The number of hydrogen-bond donors (Lipinski definition) is 1. The molecule has 2 aromatic rings. The lowest BCUT2D eigenvalue weighted by Gasteiger charge is -2.14. The van der Waals surface area contributed by atoms with Gasteiger partial charge >= 0.3 is 0 Å². The Balaban J connectivity index is 2.10. The fraction of sp³-hybridized carbons (Fsp3) is 0.278. The minimum atomic E-state index is -3.80. The van der Waals surface area contributed by atoms with E-state index in [1.54, 1.807) is 12.1 Å². The Morgan fingerprint density at radius 2 is 1.84 bits per heavy atom. The van der Waals surface area contributed by atoms with E-state index in [-0.39, 0.29) is 10.6 Å². The summed E-state index contributed by atoms with van der Waals surface area (Å²) < 4.78 is 38.0. The Morgan fingerprint density at radius 3 is 2.40 bits per heavy atom. The molecule has 0 aliphatic rings. The van der Waals surface area contributed by atoms with Crippen LogP contribution in [0.3, 0.4) is 0 Å². The first kappa shape index (κ1) is 19.4. The molecule has 0 aliphatic heterocycles. The van der Waals surface area contributed by atoms with Gasteiger partial charge in [-0.3, -0.25) is 4.79 Å². The van der Waals surface area contributed by atoms with Crippen molar-refractivity contribution in [2.45, 2.75) is 31.3 Å². The zero-order chi connectivity index (χ0) is 18.6. The molecule has 0 bridgehead atoms. The summed E-state index contributed by atoms with van der Waals surface area (Å²) in [5.74, 6) is -1.61. The van der Waals surface area contributed by atoms with Crippen LogP contribution in [-0.2, 0) is 26.8 Å². The number of hydrogen-bond acceptors (Lipinski definition) is 3. The van der Waals surface area contributed by atoms with Crippen LogP contribution in [0.2, 0.25) is 5.02 Å². The summed E-state index contributed by atoms with van der Waals surface area (Å²) in [5, 5.41) is 1.35. The summed E-state index contributed by atoms with van der Waals surface area (Å²) in [6, 6.07) is 10.7. The molecule has 0 aliphatic carbocycles. The first-order chi connectivity index (χ1) is 11.7. The second-order valence-electron chi connectivity index (χ2n) is 5.72. The quantitative estimate of drug-likeness (QED) is 0.820. The Morgan fingerprint density at radius 1 is 1.20 bits per heavy atom. The molecule has 0 saturated heterocycles. The first-order valence-electron chi connectivity index (χ1n) is 7.78. The second kappa shape index (κ2) is 7.97. The third-order valence-electron chi connectivity index (χ3n) is 3.91. The van der Waals surface area contributed by atoms with Crippen molar-refractivity contribution in [3.8, 4) is 0 Å². The van der Waals surface area contributed by atoms with Crippen LogP contribution in [0.15, 0.2) is 42.5 Å². The predicted octanol–water partition coefficient (Wildman–Crippen LogP) is 3.98. The molecular formula is C18H19ClFNO3S. The van der Waals surface area contributed by atoms with Gasteiger partial charge in [-0.1, -0.05) is 36.7 Å². The fourth-order valence-corrected chi connectivity index (χ4v) is 3.84. The number of nitrogens with one attached hydrogen (secondary N) is 1. The number of benzene rings is 2. The van der Waals surface area contributed by atoms with E-state index in [0.717, 1.165) is 24.1 Å². The fourth-order valence-electron chi connectivity index (χ4n) is 2.21. The molecule has 0 aromatic heterocycles. The highest BCUT2D eigenvalue weighted by atomic mass is 35.5. The van der Waals surface area contributed by atoms with Crippen LogP contribution in [0.4, 0.5) is 10.1 Å². The highest BCUT2D eigenvalue weighted by Gasteiger charge is 2.29. The average Bonchev–Trinajstić information content (AvgIpc) is 2.57. The summed E-state index contributed by atoms with van der Waals surface area (Å²) >= 11 is 5.87. The van der Waals surface area contributed by atoms with Crippen molar-refractivity contribution in [2.75, 3.05) is 5.32 Å². The summed E-state index contributed by atoms with van der Waals surface area (Å²) in [7, 11) is -3.80. The minimum absolute atomic E-state index is 0.0198. The van der Waals surface area contributed by atoms with Crippen LogP contribution >= 0.6 is 11.6 Å². The molecule has 1 N–H and O–H groups in total. The first-order valence-corrected chi connectivity index (χ1v) is 9.87. The van der Waals surface area contributed by atoms with E-state index >= 15 is 0 Å². The van der Waals surface area contributed by atoms with Gasteiger partial charge in [-0.15, -0.1) is 0 Å². The number of aryl methyl sites for hydroxylation is 1. The van der Waals surface area contributed by atoms with Gasteiger partial charge < -0.3 is 5.32 Å². The monoisotopic (exact) mass is 383 g/mol. The van der Waals surface area contributed by atoms with Gasteiger partial charge in [0, 0.05) is 10.7 Å². The zero-order valence-electron chi connectivity index (χ0n) is 13.9. The highest BCUT2D eigenvalue weighted by Crippen LogP contribution is 2.22. The standard InChI is InChI=1S/C18H19ClFNO3S/c1-3-13-4-8-16(9-5-13)21-18(22)12(2)25(23,24)11-14-6-7-15(20)10-17(14)19/h4-10,12H,3,11H2,1-2H3,(H,21,22)/t12-/m1/s1. The Hall–Kier alpha value is -1.92. The lowest BCUT2D eigenvalue weighted by molar-refractivity contribution is -0.115. The lowest BCUT2D eigenvalue weighted by Crippen LogP contribution is -2.33. The van der Waals surface area contributed by atoms with Crippen molar-refractivity contribution in [2.24, 2.45) is 0 Å². The van der Waals surface area contributed by atoms with E-state index in [9.17, 15) is 17.6 Å². The summed E-state index contributed by atoms with van der Waals surface area (Å²) in [4.78, 5) is 12.3. The third kappa shape index (κ3) is 5.03. The lowest BCUT2D eigenvalue weighted by atomic mass is 10.1. The van der Waals surface area contributed by atoms with Gasteiger partial charge in [0.25, 0.3) is 0 Å². The Bertz CT molecular complexity index is 866. The molecule has 134 valence electrons. The van der Waals surface area contributed by atoms with Gasteiger partial charge in [-0.05, 0) is 48.7 Å². The Kier molecular flexibility index (Phi) is 6.19. The highest BCUT2D eigenvalue weighted by molar-refractivity contribution is 7.92. The van der Waals surface area contributed by atoms with Gasteiger partial charge in [0.05, 0.1) is 5.75 Å². The number of carbonyl (C=O) groups is 1. The SMILES string of the molecule is CCc1ccc(NC(=O)[C@@H](C)S(=O)(=O)Cc2ccc(F)cc2Cl)cc1. The summed E-state index contributed by atoms with van der Waals surface area (Å²) in [6.07, 6.45) is 0.872. The molecule has 4 nitrogen and oxygen atoms in total. The number of carbonyl (C=O) groups excluding carboxylic acids is 1. The van der Waals surface area contributed by atoms with E-state index in [4.69, 9.17) is 11.6 Å². The predicted molar refractivity (Wildman–Crippen MR) is 97.9 cm³/mol. The van der Waals surface area contributed by atoms with Crippen molar-refractivity contribution in [3.05, 3.63) is 64.4 Å². The minimum Gasteiger partial charge on any atom is -0.325 e. The smallest absolute Gasteiger partial charge is 0.242 e. The van der Waals surface area contributed by atoms with Crippen molar-refractivity contribution in [3.63, 3.8) is 0 Å². The van der Waals surface area contributed by atoms with E-state index in [1.807, 2.05) is 19.1 Å². The Labute approximate surface area is 151 Å². The zero-order valence-corrected chi connectivity index (χ0v) is 15.5. The number of amides is 1. The molecule has 2 rings (SSSR count). The van der Waals surface area contributed by atoms with Crippen LogP contribution in [0.25, 0.3) is 0 Å². The molecule has 7 heteroatoms. The normalized spacial score (nSPS) is 12.6. The number of anilines is 1. The summed E-state index contributed by atoms with van der Waals surface area (Å²) in [5.41, 5.74) is 1.91. The number of sulfone groups is 1. The van der Waals surface area contributed by atoms with Crippen molar-refractivity contribution in [1.82, 2.24) is 0 Å². The van der Waals surface area contributed by atoms with E-state index in [2.05, 4.69) is 5.32 Å². The maximum Gasteiger partial charge on any atom is 0.242 e. The molecule has 0 heterocycles. The van der Waals surface area contributed by atoms with Gasteiger partial charge in [0.15, 0.2) is 9.84 Å². The van der Waals surface area contributed by atoms with E-state index < -0.39 is 32.6 Å². The van der Waals surface area contributed by atoms with Gasteiger partial charge in [-0.25, -0.2) is 12.8 Å². The van der Waals surface area contributed by atoms with Gasteiger partial charge in [0.2, 0.25) is 5.91 Å². The van der Waals surface area contributed by atoms with Crippen molar-refractivity contribution < 1.29 is 17.6 Å². The molecular weight excluding hydrogens is 365 g/mol. The van der Waals surface area contributed by atoms with Crippen LogP contribution in [0.5, 0.6) is 0 Å². The van der Waals surface area contributed by atoms with Crippen molar-refractivity contribution >= 4 is 33.0 Å². The molecule has 0 unspecified atom stereocenters. The maximum absolute atomic E-state index is 13.1. The van der Waals surface area contributed by atoms with Gasteiger partial charge in [0.1, 0.15) is 11.1 Å². The molecule has 0 saturated carbocycles. The van der Waals surface area contributed by atoms with Crippen LogP contribution in [0, 0.1) is 5.82 Å². The second-order valence-corrected chi connectivity index (χ2v) is 8.45. The maximum atomic E-state index is 13.1. The van der Waals surface area contributed by atoms with E-state index in [0.29, 0.717) is 5.69 Å². The number of halogens is 2. The molecule has 0 fully saturated rings. The molecule has 2 aromatic carbocycles. The molecule has 1 atom stereocenters. The third-order valence-corrected chi connectivity index (χ3v) is 6.27. The van der Waals surface area contributed by atoms with Crippen LogP contribution < -0.4 is 5.32 Å². The van der Waals surface area contributed by atoms with Crippen LogP contribution in [-0.4, -0.2) is 19.6 Å². The topological polar surface area (TPSA) is 63.2 Å². The van der Waals surface area contributed by atoms with Crippen molar-refractivity contribution in [1.29, 1.82) is 0 Å². The summed E-state index contributed by atoms with van der Waals surface area (Å²) in [6.45, 7) is 3.34. The molecule has 25 heavy (non-hydrogen) atoms. The van der Waals surface area contributed by atoms with Crippen LogP contribution in [0.1, 0.15) is 25.0 Å². The van der Waals surface area contributed by atoms with Gasteiger partial charge in [-0.2, -0.15) is 0 Å². The molecule has 0 spiro atoms. The number of rotatable bonds is 6. The molecule has 1 amide bonds. The average molecular weight is 384 g/mol. The molecule has 0 radical (unpaired) electrons. The van der Waals surface area contributed by atoms with E-state index in [1.165, 1.54) is 13.0 Å².